The third kappa shape index (κ3) is 2.47. The van der Waals surface area contributed by atoms with Gasteiger partial charge in [-0.1, -0.05) is 48.0 Å². The third-order valence-corrected chi connectivity index (χ3v) is 3.22. The third-order valence-electron chi connectivity index (χ3n) is 2.83. The van der Waals surface area contributed by atoms with Crippen LogP contribution >= 0.6 is 11.6 Å². The second-order valence-electron chi connectivity index (χ2n) is 4.04. The van der Waals surface area contributed by atoms with E-state index in [0.717, 1.165) is 0 Å². The molecule has 94 valence electrons. The minimum absolute atomic E-state index is 0.0943. The fourth-order valence-corrected chi connectivity index (χ4v) is 1.98. The molecule has 0 fully saturated rings. The maximum absolute atomic E-state index is 12.2. The van der Waals surface area contributed by atoms with Gasteiger partial charge < -0.3 is 9.84 Å². The number of hydrogen-bond acceptors (Lipinski definition) is 3. The molecule has 1 aromatic carbocycles. The summed E-state index contributed by atoms with van der Waals surface area (Å²) >= 11 is 6.01. The van der Waals surface area contributed by atoms with E-state index in [-0.39, 0.29) is 11.5 Å². The summed E-state index contributed by atoms with van der Waals surface area (Å²) in [4.78, 5) is 12.2. The second-order valence-corrected chi connectivity index (χ2v) is 4.63. The number of allylic oxidation sites excluding steroid dienone is 1. The van der Waals surface area contributed by atoms with Crippen LogP contribution in [0.1, 0.15) is 10.4 Å². The van der Waals surface area contributed by atoms with E-state index < -0.39 is 11.0 Å². The van der Waals surface area contributed by atoms with Gasteiger partial charge in [0.15, 0.2) is 10.8 Å². The number of ketones is 1. The Bertz CT molecular complexity index is 507. The van der Waals surface area contributed by atoms with Gasteiger partial charge in [0.1, 0.15) is 5.76 Å². The highest BCUT2D eigenvalue weighted by atomic mass is 35.5. The van der Waals surface area contributed by atoms with Crippen molar-refractivity contribution in [2.24, 2.45) is 5.92 Å². The molecule has 2 unspecified atom stereocenters. The quantitative estimate of drug-likeness (QED) is 0.518. The van der Waals surface area contributed by atoms with Crippen molar-refractivity contribution in [3.63, 3.8) is 0 Å². The van der Waals surface area contributed by atoms with Gasteiger partial charge in [0.25, 0.3) is 0 Å². The van der Waals surface area contributed by atoms with E-state index in [9.17, 15) is 9.90 Å². The van der Waals surface area contributed by atoms with E-state index in [0.29, 0.717) is 5.56 Å². The zero-order chi connectivity index (χ0) is 13.2. The van der Waals surface area contributed by atoms with Crippen molar-refractivity contribution in [1.29, 1.82) is 0 Å². The predicted molar refractivity (Wildman–Crippen MR) is 69.7 cm³/mol. The molecule has 0 saturated heterocycles. The van der Waals surface area contributed by atoms with Crippen molar-refractivity contribution in [1.82, 2.24) is 0 Å². The fourth-order valence-electron chi connectivity index (χ4n) is 1.80. The maximum Gasteiger partial charge on any atom is 0.182 e. The van der Waals surface area contributed by atoms with Crippen LogP contribution in [0.25, 0.3) is 0 Å². The van der Waals surface area contributed by atoms with Crippen LogP contribution in [0.15, 0.2) is 54.3 Å². The number of carbonyl (C=O) groups excluding carboxylic acids is 1. The Balaban J connectivity index is 2.25. The van der Waals surface area contributed by atoms with Gasteiger partial charge in [-0.2, -0.15) is 0 Å². The molecule has 0 saturated carbocycles. The van der Waals surface area contributed by atoms with Crippen molar-refractivity contribution in [3.05, 3.63) is 59.9 Å². The molecule has 0 spiro atoms. The van der Waals surface area contributed by atoms with Crippen molar-refractivity contribution < 1.29 is 14.6 Å². The maximum atomic E-state index is 12.2. The van der Waals surface area contributed by atoms with Crippen molar-refractivity contribution in [2.75, 3.05) is 7.11 Å². The zero-order valence-electron chi connectivity index (χ0n) is 9.84. The van der Waals surface area contributed by atoms with E-state index in [4.69, 9.17) is 16.3 Å². The lowest BCUT2D eigenvalue weighted by atomic mass is 9.91. The summed E-state index contributed by atoms with van der Waals surface area (Å²) < 4.78 is 5.01. The van der Waals surface area contributed by atoms with E-state index >= 15 is 0 Å². The van der Waals surface area contributed by atoms with Crippen LogP contribution in [-0.2, 0) is 4.74 Å². The van der Waals surface area contributed by atoms with Crippen LogP contribution in [0.4, 0.5) is 0 Å². The molecule has 0 radical (unpaired) electrons. The van der Waals surface area contributed by atoms with Gasteiger partial charge in [-0.15, -0.1) is 0 Å². The first-order valence-corrected chi connectivity index (χ1v) is 5.88. The smallest absolute Gasteiger partial charge is 0.182 e. The molecule has 0 heterocycles. The molecule has 0 aliphatic heterocycles. The molecule has 0 amide bonds. The van der Waals surface area contributed by atoms with Crippen LogP contribution in [0.3, 0.4) is 0 Å². The van der Waals surface area contributed by atoms with E-state index in [1.807, 2.05) is 6.07 Å². The van der Waals surface area contributed by atoms with E-state index in [1.165, 1.54) is 13.2 Å². The molecular formula is C14H13ClO3. The SMILES string of the molecule is COC1(Cl)C=CC(C(=O)c2ccccc2)C(O)=C1. The van der Waals surface area contributed by atoms with Gasteiger partial charge in [-0.3, -0.25) is 4.79 Å². The molecule has 18 heavy (non-hydrogen) atoms. The monoisotopic (exact) mass is 264 g/mol. The molecule has 0 aromatic heterocycles. The van der Waals surface area contributed by atoms with Crippen LogP contribution in [0, 0.1) is 5.92 Å². The van der Waals surface area contributed by atoms with Crippen LogP contribution in [-0.4, -0.2) is 23.1 Å². The van der Waals surface area contributed by atoms with Gasteiger partial charge in [0, 0.05) is 18.7 Å². The van der Waals surface area contributed by atoms with Gasteiger partial charge in [0.2, 0.25) is 0 Å². The Labute approximate surface area is 110 Å². The van der Waals surface area contributed by atoms with Crippen molar-refractivity contribution >= 4 is 17.4 Å². The summed E-state index contributed by atoms with van der Waals surface area (Å²) in [6.07, 6.45) is 4.45. The minimum atomic E-state index is -1.17. The average Bonchev–Trinajstić information content (AvgIpc) is 2.39. The number of methoxy groups -OCH3 is 1. The molecule has 0 bridgehead atoms. The molecular weight excluding hydrogens is 252 g/mol. The summed E-state index contributed by atoms with van der Waals surface area (Å²) in [5.74, 6) is -0.965. The van der Waals surface area contributed by atoms with Crippen LogP contribution in [0.5, 0.6) is 0 Å². The largest absolute Gasteiger partial charge is 0.511 e. The molecule has 3 nitrogen and oxygen atoms in total. The highest BCUT2D eigenvalue weighted by Gasteiger charge is 2.31. The first-order chi connectivity index (χ1) is 8.56. The van der Waals surface area contributed by atoms with Gasteiger partial charge >= 0.3 is 0 Å². The fraction of sp³-hybridized carbons (Fsp3) is 0.214. The summed E-state index contributed by atoms with van der Waals surface area (Å²) in [6.45, 7) is 0. The summed E-state index contributed by atoms with van der Waals surface area (Å²) in [7, 11) is 1.43. The number of aliphatic hydroxyl groups excluding tert-OH is 1. The topological polar surface area (TPSA) is 46.5 Å². The number of halogens is 1. The Hall–Kier alpha value is -1.58. The molecule has 1 aliphatic rings. The number of Topliss-reactive ketones (excluding diaryl/α,β-unsaturated/α-hetero) is 1. The Morgan fingerprint density at radius 2 is 2.06 bits per heavy atom. The molecule has 2 atom stereocenters. The van der Waals surface area contributed by atoms with Crippen molar-refractivity contribution in [3.8, 4) is 0 Å². The molecule has 1 aliphatic carbocycles. The van der Waals surface area contributed by atoms with Gasteiger partial charge in [-0.05, 0) is 6.08 Å². The second kappa shape index (κ2) is 4.96. The zero-order valence-corrected chi connectivity index (χ0v) is 10.6. The van der Waals surface area contributed by atoms with Gasteiger partial charge in [0.05, 0.1) is 5.92 Å². The highest BCUT2D eigenvalue weighted by Crippen LogP contribution is 2.31. The number of ether oxygens (including phenoxy) is 1. The number of hydrogen-bond donors (Lipinski definition) is 1. The summed E-state index contributed by atoms with van der Waals surface area (Å²) in [6, 6.07) is 8.81. The standard InChI is InChI=1S/C14H13ClO3/c1-18-14(15)8-7-11(12(16)9-14)13(17)10-5-3-2-4-6-10/h2-9,11,16H,1H3. The van der Waals surface area contributed by atoms with Crippen LogP contribution < -0.4 is 0 Å². The molecule has 1 aromatic rings. The number of benzene rings is 1. The van der Waals surface area contributed by atoms with E-state index in [1.54, 1.807) is 36.4 Å². The number of alkyl halides is 1. The van der Waals surface area contributed by atoms with Gasteiger partial charge in [-0.25, -0.2) is 0 Å². The Kier molecular flexibility index (Phi) is 3.55. The first-order valence-electron chi connectivity index (χ1n) is 5.50. The van der Waals surface area contributed by atoms with E-state index in [2.05, 4.69) is 0 Å². The van der Waals surface area contributed by atoms with Crippen LogP contribution in [0.2, 0.25) is 0 Å². The molecule has 4 heteroatoms. The minimum Gasteiger partial charge on any atom is -0.511 e. The molecule has 2 rings (SSSR count). The number of carbonyl (C=O) groups is 1. The number of aliphatic hydroxyl groups is 1. The lowest BCUT2D eigenvalue weighted by Gasteiger charge is -2.24. The Morgan fingerprint density at radius 1 is 1.39 bits per heavy atom. The molecule has 1 N–H and O–H groups in total. The highest BCUT2D eigenvalue weighted by molar-refractivity contribution is 6.25. The number of rotatable bonds is 3. The summed E-state index contributed by atoms with van der Waals surface area (Å²) in [5.41, 5.74) is 0.548. The average molecular weight is 265 g/mol. The normalized spacial score (nSPS) is 26.8. The predicted octanol–water partition coefficient (Wildman–Crippen LogP) is 3.08. The summed E-state index contributed by atoms with van der Waals surface area (Å²) in [5, 5.41) is 8.72. The van der Waals surface area contributed by atoms with Crippen molar-refractivity contribution in [2.45, 2.75) is 5.06 Å². The Morgan fingerprint density at radius 3 is 2.61 bits per heavy atom. The first kappa shape index (κ1) is 12.9. The lowest BCUT2D eigenvalue weighted by Crippen LogP contribution is -2.27. The lowest BCUT2D eigenvalue weighted by molar-refractivity contribution is 0.0923.